The summed E-state index contributed by atoms with van der Waals surface area (Å²) in [5, 5.41) is 7.98. The maximum Gasteiger partial charge on any atom is 0.355 e. The number of ether oxygens (including phenoxy) is 1. The van der Waals surface area contributed by atoms with E-state index < -0.39 is 18.5 Å². The molecular formula is C20H19N3O4S. The summed E-state index contributed by atoms with van der Waals surface area (Å²) in [4.78, 5) is 37.4. The van der Waals surface area contributed by atoms with Crippen LogP contribution in [0.25, 0.3) is 0 Å². The number of hydrogen-bond donors (Lipinski definition) is 1. The fourth-order valence-corrected chi connectivity index (χ4v) is 3.04. The van der Waals surface area contributed by atoms with Crippen LogP contribution in [0.3, 0.4) is 0 Å². The second-order valence-electron chi connectivity index (χ2n) is 5.94. The minimum Gasteiger partial charge on any atom is -0.451 e. The number of rotatable bonds is 6. The van der Waals surface area contributed by atoms with E-state index in [1.54, 1.807) is 42.1 Å². The molecule has 0 fully saturated rings. The summed E-state index contributed by atoms with van der Waals surface area (Å²) in [5.74, 6) is -1.35. The zero-order valence-electron chi connectivity index (χ0n) is 15.3. The van der Waals surface area contributed by atoms with Crippen LogP contribution in [0, 0.1) is 0 Å². The number of nitrogens with zero attached hydrogens (tertiary/aromatic N) is 2. The van der Waals surface area contributed by atoms with E-state index in [2.05, 4.69) is 10.4 Å². The van der Waals surface area contributed by atoms with Crippen LogP contribution in [0.2, 0.25) is 0 Å². The van der Waals surface area contributed by atoms with Gasteiger partial charge in [0.05, 0.1) is 5.69 Å². The number of benzene rings is 2. The van der Waals surface area contributed by atoms with Gasteiger partial charge in [-0.1, -0.05) is 24.3 Å². The standard InChI is InChI=1S/C20H19N3O4S/c1-28-16-9-5-6-14(12-16)21-18(24)13-27-20(26)17-10-11-19(25)23(22-17)15-7-3-2-4-8-15/h2-9,12H,10-11,13H2,1H3,(H,21,24). The van der Waals surface area contributed by atoms with E-state index in [4.69, 9.17) is 4.74 Å². The van der Waals surface area contributed by atoms with Crippen LogP contribution in [0.4, 0.5) is 11.4 Å². The number of carbonyl (C=O) groups is 3. The Morgan fingerprint density at radius 3 is 2.68 bits per heavy atom. The summed E-state index contributed by atoms with van der Waals surface area (Å²) < 4.78 is 5.07. The molecule has 1 heterocycles. The predicted molar refractivity (Wildman–Crippen MR) is 108 cm³/mol. The van der Waals surface area contributed by atoms with Gasteiger partial charge in [0.15, 0.2) is 6.61 Å². The number of nitrogens with one attached hydrogen (secondary N) is 1. The highest BCUT2D eigenvalue weighted by Crippen LogP contribution is 2.20. The third-order valence-electron chi connectivity index (χ3n) is 3.96. The van der Waals surface area contributed by atoms with Crippen LogP contribution in [0.5, 0.6) is 0 Å². The Labute approximate surface area is 166 Å². The highest BCUT2D eigenvalue weighted by Gasteiger charge is 2.26. The second kappa shape index (κ2) is 9.18. The van der Waals surface area contributed by atoms with E-state index in [0.29, 0.717) is 11.4 Å². The van der Waals surface area contributed by atoms with Crippen LogP contribution in [-0.2, 0) is 19.1 Å². The fourth-order valence-electron chi connectivity index (χ4n) is 2.58. The van der Waals surface area contributed by atoms with Crippen LogP contribution in [0.15, 0.2) is 64.6 Å². The quantitative estimate of drug-likeness (QED) is 0.598. The molecular weight excluding hydrogens is 378 g/mol. The Morgan fingerprint density at radius 2 is 1.93 bits per heavy atom. The minimum absolute atomic E-state index is 0.112. The number of hydrazone groups is 1. The molecule has 8 heteroatoms. The number of amides is 2. The molecule has 2 amide bonds. The van der Waals surface area contributed by atoms with Crippen molar-refractivity contribution in [2.45, 2.75) is 17.7 Å². The van der Waals surface area contributed by atoms with Gasteiger partial charge in [0.2, 0.25) is 5.91 Å². The molecule has 2 aromatic rings. The number of carbonyl (C=O) groups excluding carboxylic acids is 3. The van der Waals surface area contributed by atoms with Gasteiger partial charge in [-0.05, 0) is 36.6 Å². The average molecular weight is 397 g/mol. The zero-order chi connectivity index (χ0) is 19.9. The third-order valence-corrected chi connectivity index (χ3v) is 4.68. The smallest absolute Gasteiger partial charge is 0.355 e. The highest BCUT2D eigenvalue weighted by atomic mass is 32.2. The molecule has 7 nitrogen and oxygen atoms in total. The lowest BCUT2D eigenvalue weighted by Crippen LogP contribution is -2.35. The molecule has 0 aromatic heterocycles. The number of esters is 1. The molecule has 28 heavy (non-hydrogen) atoms. The maximum absolute atomic E-state index is 12.3. The largest absolute Gasteiger partial charge is 0.451 e. The van der Waals surface area contributed by atoms with Gasteiger partial charge in [0.25, 0.3) is 5.91 Å². The second-order valence-corrected chi connectivity index (χ2v) is 6.82. The summed E-state index contributed by atoms with van der Waals surface area (Å²) >= 11 is 1.56. The third kappa shape index (κ3) is 4.98. The summed E-state index contributed by atoms with van der Waals surface area (Å²) in [5.41, 5.74) is 1.31. The molecule has 1 aliphatic heterocycles. The molecule has 0 radical (unpaired) electrons. The Bertz CT molecular complexity index is 915. The summed E-state index contributed by atoms with van der Waals surface area (Å²) in [6.07, 6.45) is 2.27. The van der Waals surface area contributed by atoms with E-state index in [9.17, 15) is 14.4 Å². The van der Waals surface area contributed by atoms with Crippen molar-refractivity contribution in [3.05, 3.63) is 54.6 Å². The van der Waals surface area contributed by atoms with Crippen molar-refractivity contribution in [2.24, 2.45) is 5.10 Å². The topological polar surface area (TPSA) is 88.1 Å². The van der Waals surface area contributed by atoms with E-state index >= 15 is 0 Å². The van der Waals surface area contributed by atoms with Crippen LogP contribution >= 0.6 is 11.8 Å². The molecule has 1 aliphatic rings. The first-order valence-electron chi connectivity index (χ1n) is 8.63. The lowest BCUT2D eigenvalue weighted by molar-refractivity contribution is -0.140. The van der Waals surface area contributed by atoms with Gasteiger partial charge >= 0.3 is 5.97 Å². The highest BCUT2D eigenvalue weighted by molar-refractivity contribution is 7.98. The first-order chi connectivity index (χ1) is 13.6. The predicted octanol–water partition coefficient (Wildman–Crippen LogP) is 3.07. The van der Waals surface area contributed by atoms with E-state index in [0.717, 1.165) is 4.90 Å². The minimum atomic E-state index is -0.707. The van der Waals surface area contributed by atoms with Gasteiger partial charge < -0.3 is 10.1 Å². The van der Waals surface area contributed by atoms with Gasteiger partial charge in [0, 0.05) is 23.4 Å². The van der Waals surface area contributed by atoms with Crippen molar-refractivity contribution in [1.82, 2.24) is 0 Å². The van der Waals surface area contributed by atoms with Gasteiger partial charge in [-0.15, -0.1) is 11.8 Å². The van der Waals surface area contributed by atoms with Crippen molar-refractivity contribution < 1.29 is 19.1 Å². The van der Waals surface area contributed by atoms with E-state index in [-0.39, 0.29) is 24.5 Å². The maximum atomic E-state index is 12.3. The van der Waals surface area contributed by atoms with Crippen molar-refractivity contribution in [1.29, 1.82) is 0 Å². The van der Waals surface area contributed by atoms with Crippen molar-refractivity contribution in [3.63, 3.8) is 0 Å². The lowest BCUT2D eigenvalue weighted by atomic mass is 10.1. The van der Waals surface area contributed by atoms with Crippen molar-refractivity contribution in [3.8, 4) is 0 Å². The van der Waals surface area contributed by atoms with Gasteiger partial charge in [-0.2, -0.15) is 5.10 Å². The van der Waals surface area contributed by atoms with Crippen LogP contribution in [0.1, 0.15) is 12.8 Å². The monoisotopic (exact) mass is 397 g/mol. The molecule has 0 aliphatic carbocycles. The molecule has 144 valence electrons. The Hall–Kier alpha value is -3.13. The Balaban J connectivity index is 1.59. The summed E-state index contributed by atoms with van der Waals surface area (Å²) in [7, 11) is 0. The number of thioether (sulfide) groups is 1. The first kappa shape index (κ1) is 19.6. The van der Waals surface area contributed by atoms with E-state index in [1.807, 2.05) is 30.5 Å². The number of hydrogen-bond acceptors (Lipinski definition) is 6. The van der Waals surface area contributed by atoms with Crippen LogP contribution in [-0.4, -0.2) is 36.4 Å². The Morgan fingerprint density at radius 1 is 1.14 bits per heavy atom. The number of anilines is 2. The number of para-hydroxylation sites is 1. The molecule has 3 rings (SSSR count). The molecule has 0 unspecified atom stereocenters. The lowest BCUT2D eigenvalue weighted by Gasteiger charge is -2.22. The van der Waals surface area contributed by atoms with Gasteiger partial charge in [-0.25, -0.2) is 9.80 Å². The molecule has 0 bridgehead atoms. The average Bonchev–Trinajstić information content (AvgIpc) is 2.73. The first-order valence-corrected chi connectivity index (χ1v) is 9.86. The Kier molecular flexibility index (Phi) is 6.44. The molecule has 0 atom stereocenters. The van der Waals surface area contributed by atoms with Crippen molar-refractivity contribution in [2.75, 3.05) is 23.2 Å². The van der Waals surface area contributed by atoms with Crippen LogP contribution < -0.4 is 10.3 Å². The SMILES string of the molecule is CSc1cccc(NC(=O)COC(=O)C2=NN(c3ccccc3)C(=O)CC2)c1. The molecule has 0 saturated heterocycles. The summed E-state index contributed by atoms with van der Waals surface area (Å²) in [6, 6.07) is 16.2. The molecule has 0 spiro atoms. The van der Waals surface area contributed by atoms with Gasteiger partial charge in [0.1, 0.15) is 5.71 Å². The fraction of sp³-hybridized carbons (Fsp3) is 0.200. The van der Waals surface area contributed by atoms with Crippen molar-refractivity contribution >= 4 is 46.6 Å². The zero-order valence-corrected chi connectivity index (χ0v) is 16.1. The van der Waals surface area contributed by atoms with Gasteiger partial charge in [-0.3, -0.25) is 9.59 Å². The van der Waals surface area contributed by atoms with E-state index in [1.165, 1.54) is 5.01 Å². The molecule has 0 saturated carbocycles. The molecule has 2 aromatic carbocycles. The normalized spacial score (nSPS) is 13.7. The molecule has 1 N–H and O–H groups in total. The summed E-state index contributed by atoms with van der Waals surface area (Å²) in [6.45, 7) is -0.430.